The summed E-state index contributed by atoms with van der Waals surface area (Å²) in [5.74, 6) is -0.479. The second-order valence-electron chi connectivity index (χ2n) is 4.93. The summed E-state index contributed by atoms with van der Waals surface area (Å²) in [7, 11) is -2.43. The van der Waals surface area contributed by atoms with Crippen molar-refractivity contribution in [1.82, 2.24) is 4.31 Å². The van der Waals surface area contributed by atoms with Crippen LogP contribution in [0.5, 0.6) is 5.75 Å². The van der Waals surface area contributed by atoms with Crippen LogP contribution in [0.15, 0.2) is 17.0 Å². The lowest BCUT2D eigenvalue weighted by molar-refractivity contribution is 0.387. The Hall–Kier alpha value is -1.34. The molecule has 20 heavy (non-hydrogen) atoms. The molecule has 0 amide bonds. The minimum Gasteiger partial charge on any atom is -0.492 e. The third kappa shape index (κ3) is 2.88. The first kappa shape index (κ1) is 15.1. The Morgan fingerprint density at radius 2 is 2.10 bits per heavy atom. The van der Waals surface area contributed by atoms with E-state index >= 15 is 0 Å². The zero-order chi connectivity index (χ0) is 14.9. The van der Waals surface area contributed by atoms with Gasteiger partial charge in [-0.1, -0.05) is 6.92 Å². The summed E-state index contributed by atoms with van der Waals surface area (Å²) in [6.45, 7) is 2.60. The second-order valence-corrected chi connectivity index (χ2v) is 6.86. The molecule has 1 aliphatic rings. The number of halogens is 1. The molecular formula is C13H19FN2O3S. The summed E-state index contributed by atoms with van der Waals surface area (Å²) < 4.78 is 44.9. The van der Waals surface area contributed by atoms with Gasteiger partial charge in [0.05, 0.1) is 17.7 Å². The lowest BCUT2D eigenvalue weighted by Crippen LogP contribution is -2.32. The Labute approximate surface area is 118 Å². The highest BCUT2D eigenvalue weighted by Crippen LogP contribution is 2.33. The molecule has 0 aromatic heterocycles. The lowest BCUT2D eigenvalue weighted by Gasteiger charge is -2.21. The van der Waals surface area contributed by atoms with Gasteiger partial charge in [-0.3, -0.25) is 0 Å². The van der Waals surface area contributed by atoms with Gasteiger partial charge in [-0.15, -0.1) is 0 Å². The van der Waals surface area contributed by atoms with Crippen LogP contribution < -0.4 is 10.5 Å². The number of hydrogen-bond acceptors (Lipinski definition) is 4. The summed E-state index contributed by atoms with van der Waals surface area (Å²) in [5.41, 5.74) is 5.62. The molecule has 0 unspecified atom stereocenters. The van der Waals surface area contributed by atoms with E-state index in [2.05, 4.69) is 0 Å². The van der Waals surface area contributed by atoms with E-state index in [-0.39, 0.29) is 16.3 Å². The molecule has 2 N–H and O–H groups in total. The highest BCUT2D eigenvalue weighted by Gasteiger charge is 2.31. The summed E-state index contributed by atoms with van der Waals surface area (Å²) in [5, 5.41) is 0. The molecule has 2 rings (SSSR count). The van der Waals surface area contributed by atoms with Crippen molar-refractivity contribution in [1.29, 1.82) is 0 Å². The molecule has 0 heterocycles. The molecule has 1 aromatic rings. The Bertz CT molecular complexity index is 577. The molecule has 0 bridgehead atoms. The predicted octanol–water partition coefficient (Wildman–Crippen LogP) is 1.84. The van der Waals surface area contributed by atoms with Crippen LogP contribution in [-0.4, -0.2) is 32.9 Å². The van der Waals surface area contributed by atoms with Gasteiger partial charge >= 0.3 is 0 Å². The second kappa shape index (κ2) is 5.57. The molecule has 1 saturated carbocycles. The van der Waals surface area contributed by atoms with E-state index in [1.807, 2.05) is 0 Å². The highest BCUT2D eigenvalue weighted by molar-refractivity contribution is 7.89. The van der Waals surface area contributed by atoms with Crippen molar-refractivity contribution >= 4 is 15.7 Å². The maximum atomic E-state index is 13.8. The van der Waals surface area contributed by atoms with Crippen LogP contribution in [-0.2, 0) is 10.0 Å². The molecule has 0 atom stereocenters. The number of methoxy groups -OCH3 is 1. The minimum absolute atomic E-state index is 0.0199. The van der Waals surface area contributed by atoms with E-state index in [4.69, 9.17) is 10.5 Å². The number of ether oxygens (including phenoxy) is 1. The zero-order valence-corrected chi connectivity index (χ0v) is 12.4. The number of nitrogen functional groups attached to an aromatic ring is 1. The molecule has 112 valence electrons. The van der Waals surface area contributed by atoms with Crippen molar-refractivity contribution < 1.29 is 17.5 Å². The van der Waals surface area contributed by atoms with Gasteiger partial charge in [-0.25, -0.2) is 12.8 Å². The average Bonchev–Trinajstić information content (AvgIpc) is 3.19. The van der Waals surface area contributed by atoms with Crippen LogP contribution in [0.4, 0.5) is 10.1 Å². The topological polar surface area (TPSA) is 72.6 Å². The van der Waals surface area contributed by atoms with Gasteiger partial charge in [0.1, 0.15) is 0 Å². The minimum atomic E-state index is -3.72. The lowest BCUT2D eigenvalue weighted by atomic mass is 10.3. The van der Waals surface area contributed by atoms with Gasteiger partial charge in [0.2, 0.25) is 10.0 Å². The smallest absolute Gasteiger partial charge is 0.243 e. The first-order chi connectivity index (χ1) is 9.40. The largest absolute Gasteiger partial charge is 0.492 e. The fourth-order valence-corrected chi connectivity index (χ4v) is 3.66. The number of anilines is 1. The number of rotatable bonds is 6. The summed E-state index contributed by atoms with van der Waals surface area (Å²) >= 11 is 0. The number of benzene rings is 1. The number of hydrogen-bond donors (Lipinski definition) is 1. The first-order valence-electron chi connectivity index (χ1n) is 6.53. The molecule has 0 spiro atoms. The molecule has 1 fully saturated rings. The van der Waals surface area contributed by atoms with Gasteiger partial charge in [-0.05, 0) is 30.9 Å². The van der Waals surface area contributed by atoms with E-state index in [1.54, 1.807) is 6.92 Å². The maximum Gasteiger partial charge on any atom is 0.243 e. The van der Waals surface area contributed by atoms with E-state index in [9.17, 15) is 12.8 Å². The standard InChI is InChI=1S/C13H19FN2O3S/c1-3-16(8-9-4-5-9)20(17,18)10-6-11(14)13(19-2)12(15)7-10/h6-7,9H,3-5,8,15H2,1-2H3. The number of nitrogens with two attached hydrogens (primary N) is 1. The summed E-state index contributed by atoms with van der Waals surface area (Å²) in [6, 6.07) is 2.20. The average molecular weight is 302 g/mol. The van der Waals surface area contributed by atoms with Crippen LogP contribution >= 0.6 is 0 Å². The third-order valence-corrected chi connectivity index (χ3v) is 5.32. The highest BCUT2D eigenvalue weighted by atomic mass is 32.2. The van der Waals surface area contributed by atoms with Gasteiger partial charge in [0.15, 0.2) is 11.6 Å². The summed E-state index contributed by atoms with van der Waals surface area (Å²) in [6.07, 6.45) is 2.09. The van der Waals surface area contributed by atoms with Crippen LogP contribution in [0.1, 0.15) is 19.8 Å². The molecule has 5 nitrogen and oxygen atoms in total. The van der Waals surface area contributed by atoms with Crippen molar-refractivity contribution in [2.75, 3.05) is 25.9 Å². The van der Waals surface area contributed by atoms with Crippen molar-refractivity contribution in [3.63, 3.8) is 0 Å². The van der Waals surface area contributed by atoms with Crippen molar-refractivity contribution in [2.24, 2.45) is 5.92 Å². The van der Waals surface area contributed by atoms with Crippen LogP contribution in [0.3, 0.4) is 0 Å². The van der Waals surface area contributed by atoms with Gasteiger partial charge in [0, 0.05) is 13.1 Å². The van der Waals surface area contributed by atoms with Crippen LogP contribution in [0, 0.1) is 11.7 Å². The van der Waals surface area contributed by atoms with E-state index < -0.39 is 15.8 Å². The Kier molecular flexibility index (Phi) is 4.19. The monoisotopic (exact) mass is 302 g/mol. The van der Waals surface area contributed by atoms with Crippen molar-refractivity contribution in [3.05, 3.63) is 17.9 Å². The quantitative estimate of drug-likeness (QED) is 0.814. The van der Waals surface area contributed by atoms with Crippen LogP contribution in [0.25, 0.3) is 0 Å². The number of nitrogens with zero attached hydrogens (tertiary/aromatic N) is 1. The fourth-order valence-electron chi connectivity index (χ4n) is 2.09. The van der Waals surface area contributed by atoms with E-state index in [0.29, 0.717) is 19.0 Å². The maximum absolute atomic E-state index is 13.8. The normalized spacial score (nSPS) is 15.6. The molecule has 0 radical (unpaired) electrons. The Morgan fingerprint density at radius 1 is 1.45 bits per heavy atom. The van der Waals surface area contributed by atoms with E-state index in [1.165, 1.54) is 17.5 Å². The van der Waals surface area contributed by atoms with Crippen molar-refractivity contribution in [2.45, 2.75) is 24.7 Å². The molecular weight excluding hydrogens is 283 g/mol. The summed E-state index contributed by atoms with van der Waals surface area (Å²) in [4.78, 5) is -0.129. The number of sulfonamides is 1. The first-order valence-corrected chi connectivity index (χ1v) is 7.97. The predicted molar refractivity (Wildman–Crippen MR) is 74.5 cm³/mol. The van der Waals surface area contributed by atoms with E-state index in [0.717, 1.165) is 18.9 Å². The molecule has 0 aliphatic heterocycles. The zero-order valence-electron chi connectivity index (χ0n) is 11.6. The molecule has 1 aliphatic carbocycles. The molecule has 0 saturated heterocycles. The molecule has 7 heteroatoms. The van der Waals surface area contributed by atoms with Gasteiger partial charge in [-0.2, -0.15) is 4.31 Å². The fraction of sp³-hybridized carbons (Fsp3) is 0.538. The van der Waals surface area contributed by atoms with Gasteiger partial charge < -0.3 is 10.5 Å². The van der Waals surface area contributed by atoms with Gasteiger partial charge in [0.25, 0.3) is 0 Å². The Balaban J connectivity index is 2.37. The third-order valence-electron chi connectivity index (χ3n) is 3.40. The van der Waals surface area contributed by atoms with Crippen molar-refractivity contribution in [3.8, 4) is 5.75 Å². The SMILES string of the molecule is CCN(CC1CC1)S(=O)(=O)c1cc(N)c(OC)c(F)c1. The molecule has 1 aromatic carbocycles. The Morgan fingerprint density at radius 3 is 2.55 bits per heavy atom. The van der Waals surface area contributed by atoms with Crippen LogP contribution in [0.2, 0.25) is 0 Å².